The third kappa shape index (κ3) is 5.26. The summed E-state index contributed by atoms with van der Waals surface area (Å²) in [5.41, 5.74) is 3.55. The van der Waals surface area contributed by atoms with Gasteiger partial charge in [-0.05, 0) is 63.1 Å². The van der Waals surface area contributed by atoms with E-state index >= 15 is 0 Å². The number of hydrogen-bond donors (Lipinski definition) is 1. The Bertz CT molecular complexity index is 1320. The van der Waals surface area contributed by atoms with Gasteiger partial charge in [0.25, 0.3) is 0 Å². The average Bonchev–Trinajstić information content (AvgIpc) is 3.11. The molecule has 1 unspecified atom stereocenters. The summed E-state index contributed by atoms with van der Waals surface area (Å²) in [6, 6.07) is 14.2. The van der Waals surface area contributed by atoms with Crippen LogP contribution in [0.15, 0.2) is 65.6 Å². The van der Waals surface area contributed by atoms with E-state index in [9.17, 15) is 17.6 Å². The second-order valence-corrected chi connectivity index (χ2v) is 10.1. The van der Waals surface area contributed by atoms with Crippen molar-refractivity contribution in [2.24, 2.45) is 0 Å². The SMILES string of the molecule is Cc1nn(-c2ccccc2)c(C)c1C=CC(=O)N1CCCC(NS(=O)(=O)c2cccc(F)c2)C1. The van der Waals surface area contributed by atoms with Gasteiger partial charge in [0.15, 0.2) is 0 Å². The Labute approximate surface area is 199 Å². The molecule has 178 valence electrons. The van der Waals surface area contributed by atoms with E-state index < -0.39 is 21.9 Å². The summed E-state index contributed by atoms with van der Waals surface area (Å²) in [6.07, 6.45) is 4.54. The van der Waals surface area contributed by atoms with Crippen molar-refractivity contribution < 1.29 is 17.6 Å². The van der Waals surface area contributed by atoms with Gasteiger partial charge in [0.2, 0.25) is 15.9 Å². The topological polar surface area (TPSA) is 84.3 Å². The van der Waals surface area contributed by atoms with E-state index in [1.807, 2.05) is 48.9 Å². The first-order valence-corrected chi connectivity index (χ1v) is 12.6. The number of aryl methyl sites for hydroxylation is 1. The largest absolute Gasteiger partial charge is 0.338 e. The maximum atomic E-state index is 13.5. The molecule has 1 saturated heterocycles. The summed E-state index contributed by atoms with van der Waals surface area (Å²) in [6.45, 7) is 4.64. The number of halogens is 1. The third-order valence-electron chi connectivity index (χ3n) is 5.90. The summed E-state index contributed by atoms with van der Waals surface area (Å²) >= 11 is 0. The van der Waals surface area contributed by atoms with Crippen LogP contribution in [-0.4, -0.2) is 48.1 Å². The van der Waals surface area contributed by atoms with Gasteiger partial charge < -0.3 is 4.90 Å². The van der Waals surface area contributed by atoms with Crippen molar-refractivity contribution in [3.63, 3.8) is 0 Å². The van der Waals surface area contributed by atoms with Crippen LogP contribution in [0.5, 0.6) is 0 Å². The predicted octanol–water partition coefficient (Wildman–Crippen LogP) is 3.61. The maximum absolute atomic E-state index is 13.5. The van der Waals surface area contributed by atoms with E-state index in [1.165, 1.54) is 24.3 Å². The molecule has 1 aromatic heterocycles. The van der Waals surface area contributed by atoms with Crippen molar-refractivity contribution in [2.45, 2.75) is 37.6 Å². The van der Waals surface area contributed by atoms with Gasteiger partial charge in [0.05, 0.1) is 16.3 Å². The molecule has 0 bridgehead atoms. The van der Waals surface area contributed by atoms with Gasteiger partial charge in [-0.15, -0.1) is 0 Å². The zero-order chi connectivity index (χ0) is 24.3. The molecular formula is C25H27FN4O3S. The van der Waals surface area contributed by atoms with Crippen LogP contribution in [0.3, 0.4) is 0 Å². The molecule has 1 atom stereocenters. The molecule has 0 radical (unpaired) electrons. The van der Waals surface area contributed by atoms with Crippen LogP contribution < -0.4 is 4.72 Å². The highest BCUT2D eigenvalue weighted by Gasteiger charge is 2.27. The lowest BCUT2D eigenvalue weighted by atomic mass is 10.1. The zero-order valence-electron chi connectivity index (χ0n) is 19.1. The highest BCUT2D eigenvalue weighted by molar-refractivity contribution is 7.89. The number of rotatable bonds is 6. The number of amides is 1. The van der Waals surface area contributed by atoms with Gasteiger partial charge in [0, 0.05) is 36.5 Å². The van der Waals surface area contributed by atoms with Crippen LogP contribution >= 0.6 is 0 Å². The first-order chi connectivity index (χ1) is 16.2. The molecule has 1 N–H and O–H groups in total. The number of aromatic nitrogens is 2. The number of hydrogen-bond acceptors (Lipinski definition) is 4. The van der Waals surface area contributed by atoms with Crippen molar-refractivity contribution in [1.82, 2.24) is 19.4 Å². The van der Waals surface area contributed by atoms with Crippen LogP contribution in [0.2, 0.25) is 0 Å². The summed E-state index contributed by atoms with van der Waals surface area (Å²) in [5.74, 6) is -0.810. The number of nitrogens with zero attached hydrogens (tertiary/aromatic N) is 3. The number of likely N-dealkylation sites (tertiary alicyclic amines) is 1. The van der Waals surface area contributed by atoms with E-state index in [1.54, 1.807) is 11.0 Å². The number of piperidine rings is 1. The molecule has 0 spiro atoms. The Hall–Kier alpha value is -3.30. The van der Waals surface area contributed by atoms with Gasteiger partial charge in [-0.25, -0.2) is 22.2 Å². The smallest absolute Gasteiger partial charge is 0.246 e. The van der Waals surface area contributed by atoms with Crippen molar-refractivity contribution in [3.05, 3.63) is 83.4 Å². The maximum Gasteiger partial charge on any atom is 0.246 e. The molecule has 1 amide bonds. The van der Waals surface area contributed by atoms with E-state index in [2.05, 4.69) is 9.82 Å². The summed E-state index contributed by atoms with van der Waals surface area (Å²) < 4.78 is 43.2. The Morgan fingerprint density at radius 3 is 2.65 bits per heavy atom. The van der Waals surface area contributed by atoms with E-state index in [4.69, 9.17) is 0 Å². The highest BCUT2D eigenvalue weighted by Crippen LogP contribution is 2.20. The number of carbonyl (C=O) groups is 1. The molecular weight excluding hydrogens is 455 g/mol. The fourth-order valence-corrected chi connectivity index (χ4v) is 5.46. The lowest BCUT2D eigenvalue weighted by Gasteiger charge is -2.32. The monoisotopic (exact) mass is 482 g/mol. The molecule has 2 heterocycles. The van der Waals surface area contributed by atoms with Crippen LogP contribution in [0.1, 0.15) is 29.8 Å². The number of para-hydroxylation sites is 1. The zero-order valence-corrected chi connectivity index (χ0v) is 19.9. The standard InChI is InChI=1S/C25H27FN4O3S/c1-18-24(19(2)30(27-18)22-10-4-3-5-11-22)13-14-25(31)29-15-7-9-21(17-29)28-34(32,33)23-12-6-8-20(26)16-23/h3-6,8,10-14,16,21,28H,7,9,15,17H2,1-2H3. The third-order valence-corrected chi connectivity index (χ3v) is 7.42. The molecule has 34 heavy (non-hydrogen) atoms. The second-order valence-electron chi connectivity index (χ2n) is 8.37. The predicted molar refractivity (Wildman–Crippen MR) is 128 cm³/mol. The first kappa shape index (κ1) is 23.8. The van der Waals surface area contributed by atoms with Crippen molar-refractivity contribution in [3.8, 4) is 5.69 Å². The molecule has 9 heteroatoms. The minimum Gasteiger partial charge on any atom is -0.338 e. The summed E-state index contributed by atoms with van der Waals surface area (Å²) in [7, 11) is -3.88. The molecule has 1 aliphatic rings. The normalized spacial score (nSPS) is 16.8. The van der Waals surface area contributed by atoms with Gasteiger partial charge in [-0.1, -0.05) is 24.3 Å². The molecule has 1 aliphatic heterocycles. The average molecular weight is 483 g/mol. The Morgan fingerprint density at radius 2 is 1.91 bits per heavy atom. The summed E-state index contributed by atoms with van der Waals surface area (Å²) in [4.78, 5) is 14.4. The van der Waals surface area contributed by atoms with Gasteiger partial charge in [0.1, 0.15) is 5.82 Å². The lowest BCUT2D eigenvalue weighted by Crippen LogP contribution is -2.49. The Balaban J connectivity index is 1.44. The van der Waals surface area contributed by atoms with Crippen molar-refractivity contribution in [2.75, 3.05) is 13.1 Å². The Morgan fingerprint density at radius 1 is 1.15 bits per heavy atom. The minimum atomic E-state index is -3.88. The summed E-state index contributed by atoms with van der Waals surface area (Å²) in [5, 5.41) is 4.60. The van der Waals surface area contributed by atoms with Gasteiger partial charge in [-0.2, -0.15) is 5.10 Å². The van der Waals surface area contributed by atoms with Crippen molar-refractivity contribution >= 4 is 22.0 Å². The quantitative estimate of drug-likeness (QED) is 0.544. The van der Waals surface area contributed by atoms with Crippen LogP contribution in [0, 0.1) is 19.7 Å². The lowest BCUT2D eigenvalue weighted by molar-refractivity contribution is -0.127. The molecule has 4 rings (SSSR count). The first-order valence-electron chi connectivity index (χ1n) is 11.1. The van der Waals surface area contributed by atoms with Crippen LogP contribution in [0.25, 0.3) is 11.8 Å². The van der Waals surface area contributed by atoms with Crippen LogP contribution in [-0.2, 0) is 14.8 Å². The van der Waals surface area contributed by atoms with Gasteiger partial charge >= 0.3 is 0 Å². The number of benzene rings is 2. The fraction of sp³-hybridized carbons (Fsp3) is 0.280. The number of sulfonamides is 1. The van der Waals surface area contributed by atoms with E-state index in [0.29, 0.717) is 19.4 Å². The Kier molecular flexibility index (Phi) is 6.95. The molecule has 0 saturated carbocycles. The highest BCUT2D eigenvalue weighted by atomic mass is 32.2. The van der Waals surface area contributed by atoms with Gasteiger partial charge in [-0.3, -0.25) is 4.79 Å². The van der Waals surface area contributed by atoms with Crippen LogP contribution in [0.4, 0.5) is 4.39 Å². The fourth-order valence-electron chi connectivity index (χ4n) is 4.17. The molecule has 3 aromatic rings. The molecule has 0 aliphatic carbocycles. The molecule has 1 fully saturated rings. The molecule has 7 nitrogen and oxygen atoms in total. The number of nitrogens with one attached hydrogen (secondary N) is 1. The minimum absolute atomic E-state index is 0.128. The second kappa shape index (κ2) is 9.90. The number of carbonyl (C=O) groups excluding carboxylic acids is 1. The van der Waals surface area contributed by atoms with E-state index in [0.717, 1.165) is 28.7 Å². The van der Waals surface area contributed by atoms with E-state index in [-0.39, 0.29) is 17.3 Å². The van der Waals surface area contributed by atoms with Crippen molar-refractivity contribution in [1.29, 1.82) is 0 Å². The molecule has 2 aromatic carbocycles.